The number of hydrogen-bond donors (Lipinski definition) is 1. The van der Waals surface area contributed by atoms with E-state index >= 15 is 0 Å². The molecule has 0 saturated heterocycles. The fraction of sp³-hybridized carbons (Fsp3) is 0.115. The van der Waals surface area contributed by atoms with Crippen LogP contribution in [0.25, 0.3) is 0 Å². The van der Waals surface area contributed by atoms with E-state index in [0.717, 1.165) is 11.1 Å². The number of amides is 1. The normalized spacial score (nSPS) is 12.2. The summed E-state index contributed by atoms with van der Waals surface area (Å²) in [6.45, 7) is 0. The van der Waals surface area contributed by atoms with Crippen molar-refractivity contribution in [2.45, 2.75) is 23.1 Å². The van der Waals surface area contributed by atoms with Gasteiger partial charge in [-0.05, 0) is 41.8 Å². The van der Waals surface area contributed by atoms with Crippen LogP contribution < -0.4 is 5.32 Å². The Morgan fingerprint density at radius 2 is 1.38 bits per heavy atom. The molecule has 1 atom stereocenters. The monoisotopic (exact) mass is 445 g/mol. The Kier molecular flexibility index (Phi) is 6.52. The second kappa shape index (κ2) is 9.66. The lowest BCUT2D eigenvalue weighted by molar-refractivity contribution is 0.0907. The quantitative estimate of drug-likeness (QED) is 0.416. The van der Waals surface area contributed by atoms with Crippen molar-refractivity contribution < 1.29 is 17.6 Å². The van der Waals surface area contributed by atoms with Gasteiger partial charge in [0.2, 0.25) is 0 Å². The van der Waals surface area contributed by atoms with Gasteiger partial charge in [0, 0.05) is 0 Å². The maximum Gasteiger partial charge on any atom is 0.287 e. The van der Waals surface area contributed by atoms with Crippen molar-refractivity contribution in [3.63, 3.8) is 0 Å². The van der Waals surface area contributed by atoms with Crippen LogP contribution in [0.5, 0.6) is 0 Å². The molecule has 0 aliphatic heterocycles. The molecule has 0 aliphatic rings. The summed E-state index contributed by atoms with van der Waals surface area (Å²) in [4.78, 5) is 13.1. The molecule has 0 fully saturated rings. The predicted octanol–water partition coefficient (Wildman–Crippen LogP) is 4.97. The average Bonchev–Trinajstić information content (AvgIpc) is 3.28. The first-order valence-corrected chi connectivity index (χ1v) is 11.9. The van der Waals surface area contributed by atoms with Gasteiger partial charge in [-0.3, -0.25) is 4.79 Å². The van der Waals surface area contributed by atoms with Gasteiger partial charge in [-0.15, -0.1) is 0 Å². The first kappa shape index (κ1) is 21.6. The van der Waals surface area contributed by atoms with Crippen molar-refractivity contribution >= 4 is 15.7 Å². The number of carbonyl (C=O) groups excluding carboxylic acids is 1. The molecule has 0 bridgehead atoms. The Morgan fingerprint density at radius 3 is 2.03 bits per heavy atom. The van der Waals surface area contributed by atoms with Gasteiger partial charge in [0.1, 0.15) is 11.5 Å². The highest BCUT2D eigenvalue weighted by Gasteiger charge is 2.21. The van der Waals surface area contributed by atoms with Crippen LogP contribution in [-0.2, 0) is 22.0 Å². The highest BCUT2D eigenvalue weighted by atomic mass is 32.2. The van der Waals surface area contributed by atoms with Gasteiger partial charge < -0.3 is 9.73 Å². The number of furan rings is 1. The van der Waals surface area contributed by atoms with Gasteiger partial charge in [-0.25, -0.2) is 8.42 Å². The van der Waals surface area contributed by atoms with Crippen molar-refractivity contribution in [3.05, 3.63) is 126 Å². The Labute approximate surface area is 187 Å². The zero-order chi connectivity index (χ0) is 22.4. The van der Waals surface area contributed by atoms with E-state index in [1.165, 1.54) is 12.1 Å². The van der Waals surface area contributed by atoms with E-state index in [4.69, 9.17) is 4.42 Å². The van der Waals surface area contributed by atoms with E-state index in [0.29, 0.717) is 6.42 Å². The molecule has 1 aromatic heterocycles. The summed E-state index contributed by atoms with van der Waals surface area (Å²) >= 11 is 0. The Balaban J connectivity index is 1.50. The third kappa shape index (κ3) is 5.34. The number of carbonyl (C=O) groups is 1. The third-order valence-electron chi connectivity index (χ3n) is 5.11. The standard InChI is InChI=1S/C26H23NO4S/c28-26(25-17-16-22(31-25)19-32(29,30)23-14-8-3-9-15-23)27-24(21-12-6-2-7-13-21)18-20-10-4-1-5-11-20/h1-17,24H,18-19H2,(H,27,28). The molecule has 1 amide bonds. The van der Waals surface area contributed by atoms with Gasteiger partial charge in [0.05, 0.1) is 10.9 Å². The van der Waals surface area contributed by atoms with Gasteiger partial charge in [-0.2, -0.15) is 0 Å². The van der Waals surface area contributed by atoms with Crippen LogP contribution >= 0.6 is 0 Å². The summed E-state index contributed by atoms with van der Waals surface area (Å²) in [6, 6.07) is 30.6. The fourth-order valence-corrected chi connectivity index (χ4v) is 4.76. The molecule has 0 aliphatic carbocycles. The molecule has 1 heterocycles. The summed E-state index contributed by atoms with van der Waals surface area (Å²) in [5.41, 5.74) is 2.07. The maximum atomic E-state index is 12.9. The molecule has 0 saturated carbocycles. The third-order valence-corrected chi connectivity index (χ3v) is 6.76. The minimum absolute atomic E-state index is 0.0808. The van der Waals surface area contributed by atoms with Crippen molar-refractivity contribution in [3.8, 4) is 0 Å². The van der Waals surface area contributed by atoms with Crippen LogP contribution in [-0.4, -0.2) is 14.3 Å². The van der Waals surface area contributed by atoms with Gasteiger partial charge in [0.25, 0.3) is 5.91 Å². The van der Waals surface area contributed by atoms with Crippen LogP contribution in [0, 0.1) is 0 Å². The molecular weight excluding hydrogens is 422 g/mol. The zero-order valence-corrected chi connectivity index (χ0v) is 18.2. The molecular formula is C26H23NO4S. The average molecular weight is 446 g/mol. The highest BCUT2D eigenvalue weighted by Crippen LogP contribution is 2.21. The van der Waals surface area contributed by atoms with Crippen LogP contribution in [0.2, 0.25) is 0 Å². The fourth-order valence-electron chi connectivity index (χ4n) is 3.49. The summed E-state index contributed by atoms with van der Waals surface area (Å²) < 4.78 is 30.8. The molecule has 3 aromatic carbocycles. The second-order valence-electron chi connectivity index (χ2n) is 7.46. The molecule has 6 heteroatoms. The van der Waals surface area contributed by atoms with Crippen molar-refractivity contribution in [1.82, 2.24) is 5.32 Å². The van der Waals surface area contributed by atoms with E-state index in [1.807, 2.05) is 60.7 Å². The van der Waals surface area contributed by atoms with Crippen molar-refractivity contribution in [2.24, 2.45) is 0 Å². The second-order valence-corrected chi connectivity index (χ2v) is 9.45. The first-order chi connectivity index (χ1) is 15.5. The lowest BCUT2D eigenvalue weighted by atomic mass is 9.99. The van der Waals surface area contributed by atoms with E-state index in [9.17, 15) is 13.2 Å². The summed E-state index contributed by atoms with van der Waals surface area (Å²) in [7, 11) is -3.56. The summed E-state index contributed by atoms with van der Waals surface area (Å²) in [5, 5.41) is 3.02. The summed E-state index contributed by atoms with van der Waals surface area (Å²) in [6.07, 6.45) is 0.618. The van der Waals surface area contributed by atoms with Crippen molar-refractivity contribution in [2.75, 3.05) is 0 Å². The Morgan fingerprint density at radius 1 is 0.781 bits per heavy atom. The first-order valence-electron chi connectivity index (χ1n) is 10.3. The summed E-state index contributed by atoms with van der Waals surface area (Å²) in [5.74, 6) is -0.398. The predicted molar refractivity (Wildman–Crippen MR) is 123 cm³/mol. The number of benzene rings is 3. The van der Waals surface area contributed by atoms with Gasteiger partial charge >= 0.3 is 0 Å². The minimum Gasteiger partial charge on any atom is -0.455 e. The molecule has 4 rings (SSSR count). The number of nitrogens with one attached hydrogen (secondary N) is 1. The number of sulfone groups is 1. The topological polar surface area (TPSA) is 76.4 Å². The van der Waals surface area contributed by atoms with Crippen LogP contribution in [0.1, 0.15) is 33.5 Å². The van der Waals surface area contributed by atoms with Crippen LogP contribution in [0.15, 0.2) is 112 Å². The molecule has 162 valence electrons. The molecule has 0 radical (unpaired) electrons. The smallest absolute Gasteiger partial charge is 0.287 e. The Bertz CT molecular complexity index is 1270. The van der Waals surface area contributed by atoms with Crippen LogP contribution in [0.4, 0.5) is 0 Å². The molecule has 4 aromatic rings. The van der Waals surface area contributed by atoms with E-state index in [2.05, 4.69) is 5.32 Å². The number of hydrogen-bond acceptors (Lipinski definition) is 4. The lowest BCUT2D eigenvalue weighted by Crippen LogP contribution is -2.29. The largest absolute Gasteiger partial charge is 0.455 e. The maximum absolute atomic E-state index is 12.9. The van der Waals surface area contributed by atoms with Gasteiger partial charge in [-0.1, -0.05) is 78.9 Å². The zero-order valence-electron chi connectivity index (χ0n) is 17.3. The SMILES string of the molecule is O=C(NC(Cc1ccccc1)c1ccccc1)c1ccc(CS(=O)(=O)c2ccccc2)o1. The highest BCUT2D eigenvalue weighted by molar-refractivity contribution is 7.90. The van der Waals surface area contributed by atoms with Crippen LogP contribution in [0.3, 0.4) is 0 Å². The number of rotatable bonds is 8. The molecule has 32 heavy (non-hydrogen) atoms. The van der Waals surface area contributed by atoms with E-state index in [-0.39, 0.29) is 28.2 Å². The van der Waals surface area contributed by atoms with Gasteiger partial charge in [0.15, 0.2) is 15.6 Å². The van der Waals surface area contributed by atoms with Crippen molar-refractivity contribution in [1.29, 1.82) is 0 Å². The van der Waals surface area contributed by atoms with E-state index < -0.39 is 15.7 Å². The molecule has 0 spiro atoms. The minimum atomic E-state index is -3.56. The molecule has 1 N–H and O–H groups in total. The molecule has 1 unspecified atom stereocenters. The lowest BCUT2D eigenvalue weighted by Gasteiger charge is -2.19. The Hall–Kier alpha value is -3.64. The van der Waals surface area contributed by atoms with E-state index in [1.54, 1.807) is 30.3 Å². The molecule has 5 nitrogen and oxygen atoms in total.